The first kappa shape index (κ1) is 49.9. The molecule has 392 valence electrons. The number of para-hydroxylation sites is 3. The molecule has 4 bridgehead atoms. The van der Waals surface area contributed by atoms with Gasteiger partial charge >= 0.3 is 0 Å². The molecule has 4 fully saturated rings. The van der Waals surface area contributed by atoms with Gasteiger partial charge < -0.3 is 23.7 Å². The van der Waals surface area contributed by atoms with E-state index < -0.39 is 0 Å². The van der Waals surface area contributed by atoms with Crippen LogP contribution in [-0.4, -0.2) is 14.1 Å². The Bertz CT molecular complexity index is 3850. The molecular weight excluding hydrogens is 1120 g/mol. The molecule has 7 heteroatoms. The van der Waals surface area contributed by atoms with E-state index >= 15 is 0 Å². The molecule has 6 nitrogen and oxygen atoms in total. The molecule has 7 aromatic carbocycles. The van der Waals surface area contributed by atoms with Crippen molar-refractivity contribution in [1.29, 1.82) is 0 Å². The fourth-order valence-electron chi connectivity index (χ4n) is 14.4. The second kappa shape index (κ2) is 18.0. The van der Waals surface area contributed by atoms with Gasteiger partial charge in [-0.1, -0.05) is 122 Å². The number of anilines is 4. The molecule has 0 unspecified atom stereocenters. The molecule has 0 N–H and O–H groups in total. The van der Waals surface area contributed by atoms with Crippen LogP contribution < -0.4 is 14.5 Å². The average molecular weight is 1190 g/mol. The van der Waals surface area contributed by atoms with Crippen molar-refractivity contribution in [3.63, 3.8) is 0 Å². The van der Waals surface area contributed by atoms with E-state index in [0.717, 1.165) is 56.8 Å². The standard InChI is InChI=1S/C70H68N5O.Pt/c1-67(2,3)47-28-29-71-65(36-47)75-62-27-24-51(74-60-21-12-10-18-55(60)56-19-11-13-22-61(56)74)38-58(62)57-26-25-54(39-64(57)75)76-53-17-14-16-50(37-53)72-43-73(52-34-48(68(4,5)6)33-49(35-52)69(7,8)9)66-59(20-15-23-63(66)72)70-40-44-30-45(41-70)32-46(31-44)42-70;/h10-29,33-36,38,43-46H,30-32,40-42H2,1-9H3;/q-3;. The maximum Gasteiger partial charge on any atom is 0.135 e. The summed E-state index contributed by atoms with van der Waals surface area (Å²) in [6.07, 6.45) is 10.1. The van der Waals surface area contributed by atoms with Crippen LogP contribution in [0.25, 0.3) is 55.1 Å². The van der Waals surface area contributed by atoms with Crippen LogP contribution in [0.5, 0.6) is 11.5 Å². The molecule has 1 aliphatic heterocycles. The predicted molar refractivity (Wildman–Crippen MR) is 315 cm³/mol. The number of fused-ring (bicyclic) bond motifs is 7. The second-order valence-corrected chi connectivity index (χ2v) is 26.1. The molecule has 5 aliphatic rings. The van der Waals surface area contributed by atoms with E-state index in [9.17, 15) is 0 Å². The van der Waals surface area contributed by atoms with Crippen LogP contribution in [0.1, 0.15) is 123 Å². The summed E-state index contributed by atoms with van der Waals surface area (Å²) in [4.78, 5) is 9.93. The van der Waals surface area contributed by atoms with Gasteiger partial charge in [0.2, 0.25) is 0 Å². The molecule has 0 spiro atoms. The van der Waals surface area contributed by atoms with Crippen molar-refractivity contribution in [3.05, 3.63) is 193 Å². The van der Waals surface area contributed by atoms with Crippen LogP contribution in [0.4, 0.5) is 22.7 Å². The van der Waals surface area contributed by atoms with Crippen molar-refractivity contribution in [2.45, 2.75) is 122 Å². The first-order chi connectivity index (χ1) is 36.5. The van der Waals surface area contributed by atoms with Crippen molar-refractivity contribution in [2.75, 3.05) is 9.80 Å². The van der Waals surface area contributed by atoms with Crippen molar-refractivity contribution in [2.24, 2.45) is 17.8 Å². The van der Waals surface area contributed by atoms with E-state index in [1.165, 1.54) is 99.6 Å². The van der Waals surface area contributed by atoms with E-state index in [1.807, 2.05) is 12.3 Å². The van der Waals surface area contributed by atoms with E-state index in [1.54, 1.807) is 0 Å². The fraction of sp³-hybridized carbons (Fsp3) is 0.314. The summed E-state index contributed by atoms with van der Waals surface area (Å²) in [7, 11) is 0. The van der Waals surface area contributed by atoms with Gasteiger partial charge in [-0.25, -0.2) is 4.98 Å². The third kappa shape index (κ3) is 8.34. The van der Waals surface area contributed by atoms with Crippen molar-refractivity contribution >= 4 is 66.4 Å². The molecule has 15 rings (SSSR count). The Kier molecular flexibility index (Phi) is 11.6. The van der Waals surface area contributed by atoms with Gasteiger partial charge in [-0.3, -0.25) is 0 Å². The summed E-state index contributed by atoms with van der Waals surface area (Å²) in [6.45, 7) is 23.1. The summed E-state index contributed by atoms with van der Waals surface area (Å²) in [5.74, 6) is 4.60. The van der Waals surface area contributed by atoms with Gasteiger partial charge in [-0.05, 0) is 166 Å². The topological polar surface area (TPSA) is 38.5 Å². The number of rotatable bonds is 7. The van der Waals surface area contributed by atoms with Crippen LogP contribution >= 0.6 is 0 Å². The van der Waals surface area contributed by atoms with Gasteiger partial charge in [0.1, 0.15) is 5.82 Å². The summed E-state index contributed by atoms with van der Waals surface area (Å²) >= 11 is 0. The van der Waals surface area contributed by atoms with Crippen LogP contribution in [0.3, 0.4) is 0 Å². The van der Waals surface area contributed by atoms with Crippen LogP contribution in [-0.2, 0) is 42.7 Å². The Labute approximate surface area is 469 Å². The number of pyridine rings is 1. The first-order valence-corrected chi connectivity index (χ1v) is 27.9. The molecule has 10 aromatic rings. The smallest absolute Gasteiger partial charge is 0.135 e. The summed E-state index contributed by atoms with van der Waals surface area (Å²) in [6, 6.07) is 61.2. The minimum absolute atomic E-state index is 0. The molecule has 0 saturated heterocycles. The number of benzene rings is 7. The SMILES string of the molecule is CC(C)(C)c1cc(N2[CH-]N(c3[c-]c(Oc4[c-]c5c(cc4)c4cc(-n6c7ccccc7c7ccccc76)ccc4n5-c4cc(C(C)(C)C)ccn4)ccc3)c3cccc(C45CC6CC(CC(C6)C4)C5)c32)cc(C(C)(C)C)c1.[Pt]. The molecule has 4 heterocycles. The molecular formula is C70H68N5OPt-3. The first-order valence-electron chi connectivity index (χ1n) is 27.9. The Morgan fingerprint density at radius 3 is 1.78 bits per heavy atom. The van der Waals surface area contributed by atoms with Crippen molar-refractivity contribution in [3.8, 4) is 23.0 Å². The number of aromatic nitrogens is 3. The van der Waals surface area contributed by atoms with Crippen molar-refractivity contribution < 1.29 is 25.8 Å². The van der Waals surface area contributed by atoms with E-state index in [2.05, 4.69) is 240 Å². The predicted octanol–water partition coefficient (Wildman–Crippen LogP) is 18.4. The Morgan fingerprint density at radius 1 is 0.519 bits per heavy atom. The maximum absolute atomic E-state index is 6.92. The molecule has 4 aliphatic carbocycles. The monoisotopic (exact) mass is 1190 g/mol. The third-order valence-corrected chi connectivity index (χ3v) is 17.8. The summed E-state index contributed by atoms with van der Waals surface area (Å²) < 4.78 is 11.6. The largest absolute Gasteiger partial charge is 0.509 e. The van der Waals surface area contributed by atoms with Gasteiger partial charge in [-0.15, -0.1) is 48.1 Å². The normalized spacial score (nSPS) is 20.2. The molecule has 4 saturated carbocycles. The van der Waals surface area contributed by atoms with Gasteiger partial charge in [-0.2, -0.15) is 12.1 Å². The number of nitrogens with zero attached hydrogens (tertiary/aromatic N) is 5. The van der Waals surface area contributed by atoms with E-state index in [0.29, 0.717) is 11.5 Å². The molecule has 0 radical (unpaired) electrons. The minimum Gasteiger partial charge on any atom is -0.509 e. The van der Waals surface area contributed by atoms with Crippen LogP contribution in [0.15, 0.2) is 152 Å². The molecule has 3 aromatic heterocycles. The van der Waals surface area contributed by atoms with Gasteiger partial charge in [0.15, 0.2) is 0 Å². The molecule has 77 heavy (non-hydrogen) atoms. The average Bonchev–Trinajstić information content (AvgIpc) is 4.31. The fourth-order valence-corrected chi connectivity index (χ4v) is 14.4. The van der Waals surface area contributed by atoms with Gasteiger partial charge in [0, 0.05) is 77.8 Å². The molecule has 0 atom stereocenters. The van der Waals surface area contributed by atoms with Gasteiger partial charge in [0.05, 0.1) is 11.0 Å². The summed E-state index contributed by atoms with van der Waals surface area (Å²) in [5.41, 5.74) is 15.6. The summed E-state index contributed by atoms with van der Waals surface area (Å²) in [5, 5.41) is 4.68. The van der Waals surface area contributed by atoms with Crippen molar-refractivity contribution in [1.82, 2.24) is 14.1 Å². The second-order valence-electron chi connectivity index (χ2n) is 26.1. The Morgan fingerprint density at radius 2 is 1.13 bits per heavy atom. The maximum atomic E-state index is 6.92. The number of ether oxygens (including phenoxy) is 1. The van der Waals surface area contributed by atoms with E-state index in [4.69, 9.17) is 9.72 Å². The zero-order chi connectivity index (χ0) is 52.0. The van der Waals surface area contributed by atoms with Gasteiger partial charge in [0.25, 0.3) is 0 Å². The minimum atomic E-state index is -0.0640. The zero-order valence-electron chi connectivity index (χ0n) is 45.9. The Balaban J connectivity index is 0.00000566. The van der Waals surface area contributed by atoms with Crippen LogP contribution in [0, 0.1) is 36.6 Å². The third-order valence-electron chi connectivity index (χ3n) is 17.8. The number of hydrogen-bond donors (Lipinski definition) is 0. The number of hydrogen-bond acceptors (Lipinski definition) is 4. The van der Waals surface area contributed by atoms with Crippen LogP contribution in [0.2, 0.25) is 0 Å². The van der Waals surface area contributed by atoms with E-state index in [-0.39, 0.29) is 42.7 Å². The quantitative estimate of drug-likeness (QED) is 0.149. The molecule has 0 amide bonds. The zero-order valence-corrected chi connectivity index (χ0v) is 48.2. The Hall–Kier alpha value is -6.62.